The molecule has 2 rings (SSSR count). The van der Waals surface area contributed by atoms with Crippen molar-refractivity contribution in [2.75, 3.05) is 13.6 Å². The fraction of sp³-hybridized carbons (Fsp3) is 0.647. The lowest BCUT2D eigenvalue weighted by atomic mass is 9.76. The van der Waals surface area contributed by atoms with Crippen molar-refractivity contribution < 1.29 is 9.13 Å². The number of ether oxygens (including phenoxy) is 1. The van der Waals surface area contributed by atoms with Crippen LogP contribution in [0, 0.1) is 11.2 Å². The lowest BCUT2D eigenvalue weighted by Crippen LogP contribution is -2.30. The normalized spacial score (nSPS) is 20.8. The van der Waals surface area contributed by atoms with Crippen LogP contribution in [0.4, 0.5) is 4.39 Å². The molecule has 1 aromatic rings. The number of hydrogen-bond acceptors (Lipinski definition) is 2. The first kappa shape index (κ1) is 15.5. The van der Waals surface area contributed by atoms with E-state index in [0.29, 0.717) is 18.1 Å². The van der Waals surface area contributed by atoms with Gasteiger partial charge in [0.05, 0.1) is 12.2 Å². The van der Waals surface area contributed by atoms with Crippen molar-refractivity contribution in [3.8, 4) is 0 Å². The van der Waals surface area contributed by atoms with Gasteiger partial charge in [0.1, 0.15) is 5.82 Å². The molecule has 0 spiro atoms. The van der Waals surface area contributed by atoms with Crippen LogP contribution >= 0.6 is 0 Å². The lowest BCUT2D eigenvalue weighted by Gasteiger charge is -2.36. The maximum atomic E-state index is 13.4. The summed E-state index contributed by atoms with van der Waals surface area (Å²) < 4.78 is 19.6. The predicted molar refractivity (Wildman–Crippen MR) is 80.2 cm³/mol. The molecule has 1 unspecified atom stereocenters. The van der Waals surface area contributed by atoms with Gasteiger partial charge in [-0.05, 0) is 55.8 Å². The van der Waals surface area contributed by atoms with Crippen molar-refractivity contribution in [3.63, 3.8) is 0 Å². The first-order valence-electron chi connectivity index (χ1n) is 7.56. The molecule has 1 N–H and O–H groups in total. The van der Waals surface area contributed by atoms with E-state index in [0.717, 1.165) is 18.4 Å². The van der Waals surface area contributed by atoms with E-state index >= 15 is 0 Å². The van der Waals surface area contributed by atoms with Crippen molar-refractivity contribution in [3.05, 3.63) is 35.6 Å². The van der Waals surface area contributed by atoms with Gasteiger partial charge < -0.3 is 10.1 Å². The van der Waals surface area contributed by atoms with E-state index in [1.54, 1.807) is 12.1 Å². The summed E-state index contributed by atoms with van der Waals surface area (Å²) in [7, 11) is 1.90. The van der Waals surface area contributed by atoms with Gasteiger partial charge in [-0.2, -0.15) is 0 Å². The molecule has 2 nitrogen and oxygen atoms in total. The Bertz CT molecular complexity index is 423. The predicted octanol–water partition coefficient (Wildman–Crippen LogP) is 4.07. The Morgan fingerprint density at radius 1 is 1.35 bits per heavy atom. The molecule has 0 aliphatic heterocycles. The summed E-state index contributed by atoms with van der Waals surface area (Å²) in [6.07, 6.45) is 4.83. The van der Waals surface area contributed by atoms with Gasteiger partial charge in [0.25, 0.3) is 0 Å². The van der Waals surface area contributed by atoms with E-state index in [2.05, 4.69) is 19.2 Å². The summed E-state index contributed by atoms with van der Waals surface area (Å²) in [4.78, 5) is 0. The fourth-order valence-electron chi connectivity index (χ4n) is 2.88. The van der Waals surface area contributed by atoms with Gasteiger partial charge in [0.15, 0.2) is 0 Å². The average molecular weight is 279 g/mol. The van der Waals surface area contributed by atoms with Crippen LogP contribution in [0.3, 0.4) is 0 Å². The smallest absolute Gasteiger partial charge is 0.123 e. The molecule has 0 radical (unpaired) electrons. The maximum Gasteiger partial charge on any atom is 0.123 e. The summed E-state index contributed by atoms with van der Waals surface area (Å²) in [5, 5.41) is 3.14. The number of likely N-dealkylation sites (N-methyl/N-ethyl adjacent to an activating group) is 1. The van der Waals surface area contributed by atoms with E-state index in [9.17, 15) is 4.39 Å². The molecule has 1 saturated carbocycles. The molecule has 1 aliphatic rings. The highest BCUT2D eigenvalue weighted by Crippen LogP contribution is 2.37. The molecule has 0 amide bonds. The minimum atomic E-state index is -0.197. The monoisotopic (exact) mass is 279 g/mol. The van der Waals surface area contributed by atoms with Crippen LogP contribution in [0.15, 0.2) is 24.3 Å². The van der Waals surface area contributed by atoms with Crippen LogP contribution < -0.4 is 5.32 Å². The summed E-state index contributed by atoms with van der Waals surface area (Å²) >= 11 is 0. The van der Waals surface area contributed by atoms with Gasteiger partial charge in [0, 0.05) is 6.54 Å². The first-order valence-corrected chi connectivity index (χ1v) is 7.56. The Hall–Kier alpha value is -0.930. The molecule has 0 saturated heterocycles. The van der Waals surface area contributed by atoms with Gasteiger partial charge in [0.2, 0.25) is 0 Å². The van der Waals surface area contributed by atoms with Gasteiger partial charge in [-0.1, -0.05) is 26.0 Å². The third-order valence-corrected chi connectivity index (χ3v) is 4.25. The molecule has 1 atom stereocenters. The first-order chi connectivity index (χ1) is 9.50. The Balaban J connectivity index is 1.99. The Kier molecular flexibility index (Phi) is 5.17. The number of hydrogen-bond donors (Lipinski definition) is 1. The summed E-state index contributed by atoms with van der Waals surface area (Å²) in [6.45, 7) is 5.35. The maximum absolute atomic E-state index is 13.4. The number of halogens is 1. The zero-order valence-corrected chi connectivity index (χ0v) is 12.8. The van der Waals surface area contributed by atoms with Gasteiger partial charge in [-0.15, -0.1) is 0 Å². The van der Waals surface area contributed by atoms with E-state index in [1.165, 1.54) is 18.9 Å². The van der Waals surface area contributed by atoms with Crippen LogP contribution in [0.1, 0.15) is 51.2 Å². The summed E-state index contributed by atoms with van der Waals surface area (Å²) in [5.74, 6) is -0.197. The second-order valence-electron chi connectivity index (χ2n) is 6.60. The van der Waals surface area contributed by atoms with Crippen LogP contribution in [-0.2, 0) is 4.74 Å². The van der Waals surface area contributed by atoms with E-state index < -0.39 is 0 Å². The molecule has 3 heteroatoms. The fourth-order valence-corrected chi connectivity index (χ4v) is 2.88. The third kappa shape index (κ3) is 4.29. The Morgan fingerprint density at radius 2 is 2.05 bits per heavy atom. The molecule has 1 aromatic carbocycles. The average Bonchev–Trinajstić information content (AvgIpc) is 2.40. The van der Waals surface area contributed by atoms with Crippen LogP contribution in [-0.4, -0.2) is 19.7 Å². The van der Waals surface area contributed by atoms with Crippen molar-refractivity contribution in [2.24, 2.45) is 5.41 Å². The van der Waals surface area contributed by atoms with E-state index in [1.807, 2.05) is 13.1 Å². The van der Waals surface area contributed by atoms with Crippen molar-refractivity contribution in [2.45, 2.75) is 51.7 Å². The third-order valence-electron chi connectivity index (χ3n) is 4.25. The van der Waals surface area contributed by atoms with E-state index in [-0.39, 0.29) is 11.9 Å². The zero-order valence-electron chi connectivity index (χ0n) is 12.8. The topological polar surface area (TPSA) is 21.3 Å². The summed E-state index contributed by atoms with van der Waals surface area (Å²) in [5.41, 5.74) is 1.36. The SMILES string of the molecule is CNCC(OC1CCC(C)(C)CC1)c1cccc(F)c1. The largest absolute Gasteiger partial charge is 0.369 e. The highest BCUT2D eigenvalue weighted by atomic mass is 19.1. The van der Waals surface area contributed by atoms with Gasteiger partial charge in [-0.3, -0.25) is 0 Å². The Labute approximate surface area is 121 Å². The van der Waals surface area contributed by atoms with E-state index in [4.69, 9.17) is 4.74 Å². The minimum Gasteiger partial charge on any atom is -0.369 e. The molecule has 20 heavy (non-hydrogen) atoms. The molecular formula is C17H26FNO. The lowest BCUT2D eigenvalue weighted by molar-refractivity contribution is -0.0455. The quantitative estimate of drug-likeness (QED) is 0.877. The number of nitrogens with one attached hydrogen (secondary N) is 1. The van der Waals surface area contributed by atoms with Crippen LogP contribution in [0.2, 0.25) is 0 Å². The van der Waals surface area contributed by atoms with Crippen molar-refractivity contribution in [1.29, 1.82) is 0 Å². The van der Waals surface area contributed by atoms with Crippen LogP contribution in [0.25, 0.3) is 0 Å². The molecule has 0 aromatic heterocycles. The zero-order chi connectivity index (χ0) is 14.6. The standard InChI is InChI=1S/C17H26FNO/c1-17(2)9-7-15(8-10-17)20-16(12-19-3)13-5-4-6-14(18)11-13/h4-6,11,15-16,19H,7-10,12H2,1-3H3. The van der Waals surface area contributed by atoms with Crippen LogP contribution in [0.5, 0.6) is 0 Å². The highest BCUT2D eigenvalue weighted by Gasteiger charge is 2.29. The number of benzene rings is 1. The molecule has 1 fully saturated rings. The van der Waals surface area contributed by atoms with Crippen molar-refractivity contribution >= 4 is 0 Å². The van der Waals surface area contributed by atoms with Gasteiger partial charge in [-0.25, -0.2) is 4.39 Å². The Morgan fingerprint density at radius 3 is 2.65 bits per heavy atom. The number of rotatable bonds is 5. The minimum absolute atomic E-state index is 0.0677. The summed E-state index contributed by atoms with van der Waals surface area (Å²) in [6, 6.07) is 6.75. The highest BCUT2D eigenvalue weighted by molar-refractivity contribution is 5.19. The molecule has 1 aliphatic carbocycles. The second-order valence-corrected chi connectivity index (χ2v) is 6.60. The molecule has 0 bridgehead atoms. The molecule has 112 valence electrons. The van der Waals surface area contributed by atoms with Gasteiger partial charge >= 0.3 is 0 Å². The van der Waals surface area contributed by atoms with Crippen molar-refractivity contribution in [1.82, 2.24) is 5.32 Å². The second kappa shape index (κ2) is 6.68. The molecular weight excluding hydrogens is 253 g/mol. The molecule has 0 heterocycles.